The second-order valence-corrected chi connectivity index (χ2v) is 5.61. The summed E-state index contributed by atoms with van der Waals surface area (Å²) in [5.41, 5.74) is 5.31. The summed E-state index contributed by atoms with van der Waals surface area (Å²) in [7, 11) is -3.12. The average molecular weight is 213 g/mol. The molecule has 1 fully saturated rings. The highest BCUT2D eigenvalue weighted by Crippen LogP contribution is 2.29. The lowest BCUT2D eigenvalue weighted by Crippen LogP contribution is -2.23. The Morgan fingerprint density at radius 1 is 1.31 bits per heavy atom. The van der Waals surface area contributed by atoms with E-state index in [1.807, 2.05) is 0 Å². The van der Waals surface area contributed by atoms with Crippen molar-refractivity contribution in [1.82, 2.24) is 0 Å². The van der Waals surface area contributed by atoms with Crippen LogP contribution in [0.15, 0.2) is 0 Å². The fourth-order valence-electron chi connectivity index (χ4n) is 1.74. The van der Waals surface area contributed by atoms with Crippen LogP contribution in [0.25, 0.3) is 0 Å². The summed E-state index contributed by atoms with van der Waals surface area (Å²) in [6, 6.07) is 0. The molecule has 2 atom stereocenters. The van der Waals surface area contributed by atoms with Crippen LogP contribution in [0, 0.1) is 11.8 Å². The Hall–Kier alpha value is -0.230. The maximum atomic E-state index is 12.0. The highest BCUT2D eigenvalue weighted by atomic mass is 32.2. The van der Waals surface area contributed by atoms with Crippen LogP contribution in [-0.4, -0.2) is 32.9 Å². The molecule has 1 aliphatic heterocycles. The number of nitrogens with two attached hydrogens (primary N) is 1. The van der Waals surface area contributed by atoms with Crippen molar-refractivity contribution in [2.45, 2.75) is 12.8 Å². The van der Waals surface area contributed by atoms with Crippen LogP contribution in [0.5, 0.6) is 0 Å². The molecule has 0 bridgehead atoms. The van der Waals surface area contributed by atoms with Gasteiger partial charge in [0, 0.05) is 6.42 Å². The van der Waals surface area contributed by atoms with Gasteiger partial charge in [0.15, 0.2) is 9.84 Å². The van der Waals surface area contributed by atoms with Crippen molar-refractivity contribution in [2.75, 3.05) is 18.1 Å². The Morgan fingerprint density at radius 2 is 1.85 bits per heavy atom. The zero-order valence-corrected chi connectivity index (χ0v) is 7.93. The molecular weight excluding hydrogens is 200 g/mol. The van der Waals surface area contributed by atoms with Gasteiger partial charge >= 0.3 is 0 Å². The summed E-state index contributed by atoms with van der Waals surface area (Å²) in [6.45, 7) is 0.177. The molecule has 78 valence electrons. The Balaban J connectivity index is 2.64. The van der Waals surface area contributed by atoms with E-state index in [0.717, 1.165) is 0 Å². The lowest BCUT2D eigenvalue weighted by molar-refractivity contribution is 0.110. The first kappa shape index (κ1) is 10.8. The quantitative estimate of drug-likeness (QED) is 0.731. The topological polar surface area (TPSA) is 60.2 Å². The fraction of sp³-hybridized carbons (Fsp3) is 1.00. The third kappa shape index (κ3) is 2.87. The van der Waals surface area contributed by atoms with E-state index in [1.54, 1.807) is 0 Å². The molecule has 0 amide bonds. The maximum Gasteiger partial charge on any atom is 0.238 e. The molecule has 1 saturated heterocycles. The number of halogens is 2. The van der Waals surface area contributed by atoms with E-state index >= 15 is 0 Å². The molecule has 0 aromatic carbocycles. The predicted molar refractivity (Wildman–Crippen MR) is 45.3 cm³/mol. The van der Waals surface area contributed by atoms with Crippen LogP contribution < -0.4 is 5.73 Å². The van der Waals surface area contributed by atoms with Gasteiger partial charge in [0.2, 0.25) is 6.43 Å². The number of rotatable bonds is 3. The maximum absolute atomic E-state index is 12.0. The van der Waals surface area contributed by atoms with Gasteiger partial charge < -0.3 is 5.73 Å². The number of hydrogen-bond acceptors (Lipinski definition) is 3. The molecule has 0 aliphatic carbocycles. The minimum atomic E-state index is -3.12. The lowest BCUT2D eigenvalue weighted by Gasteiger charge is -2.14. The van der Waals surface area contributed by atoms with Crippen molar-refractivity contribution < 1.29 is 17.2 Å². The Labute approximate surface area is 76.2 Å². The molecule has 0 aromatic rings. The molecule has 0 aromatic heterocycles. The largest absolute Gasteiger partial charge is 0.330 e. The molecule has 2 unspecified atom stereocenters. The van der Waals surface area contributed by atoms with E-state index in [2.05, 4.69) is 0 Å². The third-order valence-corrected chi connectivity index (χ3v) is 4.26. The smallest absolute Gasteiger partial charge is 0.238 e. The van der Waals surface area contributed by atoms with Crippen LogP contribution in [-0.2, 0) is 9.84 Å². The molecule has 13 heavy (non-hydrogen) atoms. The van der Waals surface area contributed by atoms with E-state index in [-0.39, 0.29) is 30.4 Å². The molecule has 1 rings (SSSR count). The van der Waals surface area contributed by atoms with Crippen molar-refractivity contribution in [2.24, 2.45) is 17.6 Å². The second-order valence-electron chi connectivity index (χ2n) is 3.46. The minimum Gasteiger partial charge on any atom is -0.330 e. The van der Waals surface area contributed by atoms with E-state index in [9.17, 15) is 17.2 Å². The van der Waals surface area contributed by atoms with E-state index < -0.39 is 22.2 Å². The lowest BCUT2D eigenvalue weighted by atomic mass is 9.93. The molecule has 1 aliphatic rings. The first-order valence-electron chi connectivity index (χ1n) is 4.13. The van der Waals surface area contributed by atoms with Crippen molar-refractivity contribution in [1.29, 1.82) is 0 Å². The standard InChI is InChI=1S/C7H13F2NO2S/c8-7(9)1-5-3-13(11,12)4-6(5)2-10/h5-7H,1-4,10H2. The van der Waals surface area contributed by atoms with Gasteiger partial charge in [-0.15, -0.1) is 0 Å². The number of sulfone groups is 1. The molecule has 0 saturated carbocycles. The van der Waals surface area contributed by atoms with Gasteiger partial charge in [-0.3, -0.25) is 0 Å². The van der Waals surface area contributed by atoms with Crippen molar-refractivity contribution in [3.63, 3.8) is 0 Å². The van der Waals surface area contributed by atoms with Crippen LogP contribution in [0.2, 0.25) is 0 Å². The Bertz CT molecular complexity index is 266. The number of alkyl halides is 2. The summed E-state index contributed by atoms with van der Waals surface area (Å²) in [5, 5.41) is 0. The van der Waals surface area contributed by atoms with Gasteiger partial charge in [-0.1, -0.05) is 0 Å². The highest BCUT2D eigenvalue weighted by Gasteiger charge is 2.37. The van der Waals surface area contributed by atoms with Crippen LogP contribution >= 0.6 is 0 Å². The summed E-state index contributed by atoms with van der Waals surface area (Å²) in [5.74, 6) is -0.880. The SMILES string of the molecule is NCC1CS(=O)(=O)CC1CC(F)F. The molecule has 6 heteroatoms. The van der Waals surface area contributed by atoms with Crippen molar-refractivity contribution in [3.05, 3.63) is 0 Å². The third-order valence-electron chi connectivity index (χ3n) is 2.39. The number of hydrogen-bond donors (Lipinski definition) is 1. The predicted octanol–water partition coefficient (Wildman–Crippen LogP) is 0.261. The normalized spacial score (nSPS) is 32.6. The van der Waals surface area contributed by atoms with Gasteiger partial charge in [-0.25, -0.2) is 17.2 Å². The zero-order valence-electron chi connectivity index (χ0n) is 7.12. The van der Waals surface area contributed by atoms with Crippen LogP contribution in [0.4, 0.5) is 8.78 Å². The first-order chi connectivity index (χ1) is 5.94. The average Bonchev–Trinajstić information content (AvgIpc) is 2.24. The molecule has 0 spiro atoms. The van der Waals surface area contributed by atoms with E-state index in [4.69, 9.17) is 5.73 Å². The zero-order chi connectivity index (χ0) is 10.1. The molecule has 3 nitrogen and oxygen atoms in total. The van der Waals surface area contributed by atoms with Crippen molar-refractivity contribution >= 4 is 9.84 Å². The summed E-state index contributed by atoms with van der Waals surface area (Å²) >= 11 is 0. The van der Waals surface area contributed by atoms with Gasteiger partial charge in [0.25, 0.3) is 0 Å². The van der Waals surface area contributed by atoms with Gasteiger partial charge in [0.05, 0.1) is 11.5 Å². The van der Waals surface area contributed by atoms with E-state index in [0.29, 0.717) is 0 Å². The monoisotopic (exact) mass is 213 g/mol. The molecule has 1 heterocycles. The molecular formula is C7H13F2NO2S. The van der Waals surface area contributed by atoms with Crippen molar-refractivity contribution in [3.8, 4) is 0 Å². The molecule has 0 radical (unpaired) electrons. The van der Waals surface area contributed by atoms with Crippen LogP contribution in [0.1, 0.15) is 6.42 Å². The van der Waals surface area contributed by atoms with E-state index in [1.165, 1.54) is 0 Å². The van der Waals surface area contributed by atoms with Gasteiger partial charge in [0.1, 0.15) is 0 Å². The summed E-state index contributed by atoms with van der Waals surface area (Å²) in [6.07, 6.45) is -2.78. The minimum absolute atomic E-state index is 0.0269. The fourth-order valence-corrected chi connectivity index (χ4v) is 4.00. The Morgan fingerprint density at radius 3 is 2.31 bits per heavy atom. The second kappa shape index (κ2) is 3.88. The highest BCUT2D eigenvalue weighted by molar-refractivity contribution is 7.91. The Kier molecular flexibility index (Phi) is 3.23. The first-order valence-corrected chi connectivity index (χ1v) is 5.95. The van der Waals surface area contributed by atoms with Gasteiger partial charge in [-0.2, -0.15) is 0 Å². The molecule has 2 N–H and O–H groups in total. The summed E-state index contributed by atoms with van der Waals surface area (Å²) < 4.78 is 46.2. The summed E-state index contributed by atoms with van der Waals surface area (Å²) in [4.78, 5) is 0. The van der Waals surface area contributed by atoms with Gasteiger partial charge in [-0.05, 0) is 18.4 Å². The van der Waals surface area contributed by atoms with Crippen LogP contribution in [0.3, 0.4) is 0 Å².